The van der Waals surface area contributed by atoms with Crippen LogP contribution in [0.3, 0.4) is 0 Å². The van der Waals surface area contributed by atoms with Gasteiger partial charge in [-0.05, 0) is 18.2 Å². The first-order valence-electron chi connectivity index (χ1n) is 2.50. The molecule has 0 aromatic heterocycles. The summed E-state index contributed by atoms with van der Waals surface area (Å²) in [6.07, 6.45) is 0. The highest BCUT2D eigenvalue weighted by atomic mass is 79.9. The van der Waals surface area contributed by atoms with Crippen molar-refractivity contribution in [1.82, 2.24) is 0 Å². The van der Waals surface area contributed by atoms with E-state index in [2.05, 4.69) is 15.9 Å². The second kappa shape index (κ2) is 2.27. The summed E-state index contributed by atoms with van der Waals surface area (Å²) in [5, 5.41) is 0. The molecular formula is C6H7BrN2. The van der Waals surface area contributed by atoms with Gasteiger partial charge in [-0.2, -0.15) is 0 Å². The fourth-order valence-corrected chi connectivity index (χ4v) is 1.16. The highest BCUT2D eigenvalue weighted by Crippen LogP contribution is 2.17. The van der Waals surface area contributed by atoms with Gasteiger partial charge in [-0.25, -0.2) is 0 Å². The van der Waals surface area contributed by atoms with Crippen molar-refractivity contribution < 1.29 is 0 Å². The Morgan fingerprint density at radius 1 is 1.00 bits per heavy atom. The van der Waals surface area contributed by atoms with E-state index in [4.69, 9.17) is 11.5 Å². The third-order valence-corrected chi connectivity index (χ3v) is 1.40. The lowest BCUT2D eigenvalue weighted by molar-refractivity contribution is 1.62. The first kappa shape index (κ1) is 6.42. The largest absolute Gasteiger partial charge is 0.399 e. The van der Waals surface area contributed by atoms with Gasteiger partial charge in [0, 0.05) is 15.8 Å². The summed E-state index contributed by atoms with van der Waals surface area (Å²) in [5.41, 5.74) is 12.3. The van der Waals surface area contributed by atoms with Gasteiger partial charge in [0.15, 0.2) is 0 Å². The Morgan fingerprint density at radius 3 is 1.78 bits per heavy atom. The van der Waals surface area contributed by atoms with Crippen LogP contribution in [0.25, 0.3) is 0 Å². The topological polar surface area (TPSA) is 52.0 Å². The SMILES string of the molecule is Nc1cc(N)cc(Br)c1. The summed E-state index contributed by atoms with van der Waals surface area (Å²) in [7, 11) is 0. The number of hydrogen-bond donors (Lipinski definition) is 2. The van der Waals surface area contributed by atoms with E-state index in [0.29, 0.717) is 11.4 Å². The molecule has 4 N–H and O–H groups in total. The van der Waals surface area contributed by atoms with Gasteiger partial charge in [-0.15, -0.1) is 0 Å². The molecule has 1 aromatic rings. The van der Waals surface area contributed by atoms with Crippen molar-refractivity contribution in [3.8, 4) is 0 Å². The minimum Gasteiger partial charge on any atom is -0.399 e. The number of halogens is 1. The van der Waals surface area contributed by atoms with Gasteiger partial charge >= 0.3 is 0 Å². The summed E-state index contributed by atoms with van der Waals surface area (Å²) in [4.78, 5) is 0. The predicted octanol–water partition coefficient (Wildman–Crippen LogP) is 1.61. The third-order valence-electron chi connectivity index (χ3n) is 0.942. The minimum absolute atomic E-state index is 0.682. The standard InChI is InChI=1S/C6H7BrN2/c7-4-1-5(8)3-6(9)2-4/h1-3H,8-9H2. The molecule has 2 nitrogen and oxygen atoms in total. The van der Waals surface area contributed by atoms with Crippen molar-refractivity contribution in [2.24, 2.45) is 0 Å². The molecule has 0 spiro atoms. The number of anilines is 2. The van der Waals surface area contributed by atoms with E-state index in [9.17, 15) is 0 Å². The number of rotatable bonds is 0. The third kappa shape index (κ3) is 1.61. The van der Waals surface area contributed by atoms with Gasteiger partial charge in [0.25, 0.3) is 0 Å². The molecule has 0 saturated heterocycles. The second-order valence-corrected chi connectivity index (χ2v) is 2.73. The summed E-state index contributed by atoms with van der Waals surface area (Å²) in [6, 6.07) is 5.32. The van der Waals surface area contributed by atoms with E-state index in [0.717, 1.165) is 4.47 Å². The van der Waals surface area contributed by atoms with Gasteiger partial charge in [-0.1, -0.05) is 15.9 Å². The molecule has 0 aliphatic rings. The van der Waals surface area contributed by atoms with Crippen LogP contribution in [-0.4, -0.2) is 0 Å². The molecule has 0 aliphatic carbocycles. The molecule has 0 saturated carbocycles. The van der Waals surface area contributed by atoms with Crippen molar-refractivity contribution in [2.45, 2.75) is 0 Å². The number of nitrogens with two attached hydrogens (primary N) is 2. The quantitative estimate of drug-likeness (QED) is 0.606. The lowest BCUT2D eigenvalue weighted by Crippen LogP contribution is -1.88. The Labute approximate surface area is 62.0 Å². The molecule has 0 aliphatic heterocycles. The minimum atomic E-state index is 0.682. The zero-order valence-corrected chi connectivity index (χ0v) is 6.35. The van der Waals surface area contributed by atoms with Crippen LogP contribution in [-0.2, 0) is 0 Å². The smallest absolute Gasteiger partial charge is 0.0345 e. The molecule has 1 rings (SSSR count). The molecular weight excluding hydrogens is 180 g/mol. The van der Waals surface area contributed by atoms with Crippen LogP contribution < -0.4 is 11.5 Å². The normalized spacial score (nSPS) is 9.44. The number of nitrogen functional groups attached to an aromatic ring is 2. The van der Waals surface area contributed by atoms with E-state index in [1.54, 1.807) is 18.2 Å². The fraction of sp³-hybridized carbons (Fsp3) is 0. The molecule has 0 heterocycles. The molecule has 0 radical (unpaired) electrons. The molecule has 3 heteroatoms. The highest BCUT2D eigenvalue weighted by Gasteiger charge is 1.89. The molecule has 48 valence electrons. The van der Waals surface area contributed by atoms with Crippen LogP contribution >= 0.6 is 15.9 Å². The first-order chi connectivity index (χ1) is 4.18. The predicted molar refractivity (Wildman–Crippen MR) is 43.0 cm³/mol. The van der Waals surface area contributed by atoms with E-state index < -0.39 is 0 Å². The maximum atomic E-state index is 5.45. The van der Waals surface area contributed by atoms with Crippen LogP contribution in [0.15, 0.2) is 22.7 Å². The van der Waals surface area contributed by atoms with Gasteiger partial charge in [0.05, 0.1) is 0 Å². The van der Waals surface area contributed by atoms with Crippen LogP contribution in [0.5, 0.6) is 0 Å². The first-order valence-corrected chi connectivity index (χ1v) is 3.29. The zero-order valence-electron chi connectivity index (χ0n) is 4.76. The molecule has 1 aromatic carbocycles. The molecule has 0 amide bonds. The Balaban J connectivity index is 3.17. The fourth-order valence-electron chi connectivity index (χ4n) is 0.636. The van der Waals surface area contributed by atoms with Crippen LogP contribution in [0.1, 0.15) is 0 Å². The van der Waals surface area contributed by atoms with Crippen molar-refractivity contribution in [1.29, 1.82) is 0 Å². The Bertz CT molecular complexity index is 172. The molecule has 9 heavy (non-hydrogen) atoms. The molecule has 0 fully saturated rings. The Kier molecular flexibility index (Phi) is 1.62. The lowest BCUT2D eigenvalue weighted by Gasteiger charge is -1.95. The lowest BCUT2D eigenvalue weighted by atomic mass is 10.3. The van der Waals surface area contributed by atoms with E-state index >= 15 is 0 Å². The van der Waals surface area contributed by atoms with Crippen molar-refractivity contribution in [3.63, 3.8) is 0 Å². The second-order valence-electron chi connectivity index (χ2n) is 1.82. The van der Waals surface area contributed by atoms with Crippen LogP contribution in [0.4, 0.5) is 11.4 Å². The number of benzene rings is 1. The van der Waals surface area contributed by atoms with Crippen molar-refractivity contribution in [3.05, 3.63) is 22.7 Å². The summed E-state index contributed by atoms with van der Waals surface area (Å²) in [6.45, 7) is 0. The van der Waals surface area contributed by atoms with Gasteiger partial charge in [-0.3, -0.25) is 0 Å². The van der Waals surface area contributed by atoms with Gasteiger partial charge < -0.3 is 11.5 Å². The van der Waals surface area contributed by atoms with E-state index in [1.165, 1.54) is 0 Å². The van der Waals surface area contributed by atoms with E-state index in [-0.39, 0.29) is 0 Å². The summed E-state index contributed by atoms with van der Waals surface area (Å²) in [5.74, 6) is 0. The summed E-state index contributed by atoms with van der Waals surface area (Å²) >= 11 is 3.25. The van der Waals surface area contributed by atoms with Crippen molar-refractivity contribution in [2.75, 3.05) is 11.5 Å². The van der Waals surface area contributed by atoms with Crippen LogP contribution in [0.2, 0.25) is 0 Å². The summed E-state index contributed by atoms with van der Waals surface area (Å²) < 4.78 is 0.917. The molecule has 0 atom stereocenters. The van der Waals surface area contributed by atoms with Crippen LogP contribution in [0, 0.1) is 0 Å². The monoisotopic (exact) mass is 186 g/mol. The average Bonchev–Trinajstić information content (AvgIpc) is 1.59. The maximum absolute atomic E-state index is 5.45. The highest BCUT2D eigenvalue weighted by molar-refractivity contribution is 9.10. The average molecular weight is 187 g/mol. The zero-order chi connectivity index (χ0) is 6.85. The van der Waals surface area contributed by atoms with E-state index in [1.807, 2.05) is 0 Å². The maximum Gasteiger partial charge on any atom is 0.0345 e. The molecule has 0 bridgehead atoms. The van der Waals surface area contributed by atoms with Gasteiger partial charge in [0.2, 0.25) is 0 Å². The van der Waals surface area contributed by atoms with Crippen molar-refractivity contribution >= 4 is 27.3 Å². The number of hydrogen-bond acceptors (Lipinski definition) is 2. The Morgan fingerprint density at radius 2 is 1.44 bits per heavy atom. The van der Waals surface area contributed by atoms with Gasteiger partial charge in [0.1, 0.15) is 0 Å². The Hall–Kier alpha value is -0.700. The molecule has 0 unspecified atom stereocenters.